The molecule has 8 nitrogen and oxygen atoms in total. The van der Waals surface area contributed by atoms with Crippen LogP contribution < -0.4 is 20.1 Å². The van der Waals surface area contributed by atoms with Gasteiger partial charge in [0.05, 0.1) is 5.69 Å². The van der Waals surface area contributed by atoms with Gasteiger partial charge >= 0.3 is 0 Å². The molecule has 8 heteroatoms. The molecule has 2 aromatic rings. The molecule has 0 radical (unpaired) electrons. The molecule has 29 heavy (non-hydrogen) atoms. The lowest BCUT2D eigenvalue weighted by Crippen LogP contribution is -2.35. The van der Waals surface area contributed by atoms with E-state index in [9.17, 15) is 9.59 Å². The fourth-order valence-electron chi connectivity index (χ4n) is 4.38. The van der Waals surface area contributed by atoms with Crippen molar-refractivity contribution < 1.29 is 19.1 Å². The van der Waals surface area contributed by atoms with Crippen LogP contribution in [0.25, 0.3) is 0 Å². The molecule has 0 bridgehead atoms. The number of anilines is 1. The number of hydrogen-bond acceptors (Lipinski definition) is 5. The number of nitrogens with zero attached hydrogens (tertiary/aromatic N) is 2. The average molecular weight is 396 g/mol. The molecule has 2 amide bonds. The Morgan fingerprint density at radius 3 is 2.72 bits per heavy atom. The van der Waals surface area contributed by atoms with Crippen molar-refractivity contribution in [1.29, 1.82) is 0 Å². The summed E-state index contributed by atoms with van der Waals surface area (Å²) in [5.41, 5.74) is 1.78. The maximum atomic E-state index is 13.0. The van der Waals surface area contributed by atoms with E-state index in [2.05, 4.69) is 15.6 Å². The van der Waals surface area contributed by atoms with Gasteiger partial charge in [0.1, 0.15) is 0 Å². The van der Waals surface area contributed by atoms with Gasteiger partial charge in [-0.05, 0) is 44.2 Å². The first-order valence-corrected chi connectivity index (χ1v) is 10.3. The topological polar surface area (TPSA) is 94.5 Å². The van der Waals surface area contributed by atoms with E-state index in [0.717, 1.165) is 50.6 Å². The van der Waals surface area contributed by atoms with Crippen molar-refractivity contribution >= 4 is 17.5 Å². The number of ether oxygens (including phenoxy) is 2. The van der Waals surface area contributed by atoms with Crippen LogP contribution in [0.15, 0.2) is 18.2 Å². The van der Waals surface area contributed by atoms with E-state index in [-0.39, 0.29) is 24.6 Å². The number of carbonyl (C=O) groups excluding carboxylic acids is 2. The first-order chi connectivity index (χ1) is 14.2. The smallest absolute Gasteiger partial charge is 0.287 e. The molecule has 3 heterocycles. The third-order valence-electron chi connectivity index (χ3n) is 5.86. The van der Waals surface area contributed by atoms with Crippen molar-refractivity contribution in [3.8, 4) is 11.5 Å². The van der Waals surface area contributed by atoms with E-state index in [0.29, 0.717) is 35.2 Å². The maximum absolute atomic E-state index is 13.0. The summed E-state index contributed by atoms with van der Waals surface area (Å²) in [7, 11) is 0. The maximum Gasteiger partial charge on any atom is 0.287 e. The molecule has 5 rings (SSSR count). The SMILES string of the molecule is O=C(Nc1ccc2c(c1)OCO2)c1nc(C(=O)NC2CCCC2)n2c1CCCC2. The van der Waals surface area contributed by atoms with Gasteiger partial charge < -0.3 is 24.7 Å². The molecule has 1 aliphatic carbocycles. The van der Waals surface area contributed by atoms with Gasteiger partial charge in [0.15, 0.2) is 23.0 Å². The highest BCUT2D eigenvalue weighted by Crippen LogP contribution is 2.34. The van der Waals surface area contributed by atoms with Gasteiger partial charge in [-0.15, -0.1) is 0 Å². The van der Waals surface area contributed by atoms with E-state index < -0.39 is 0 Å². The third kappa shape index (κ3) is 3.43. The Morgan fingerprint density at radius 2 is 1.86 bits per heavy atom. The predicted octanol–water partition coefficient (Wildman–Crippen LogP) is 2.87. The second kappa shape index (κ2) is 7.42. The number of hydrogen-bond donors (Lipinski definition) is 2. The monoisotopic (exact) mass is 396 g/mol. The van der Waals surface area contributed by atoms with E-state index in [4.69, 9.17) is 9.47 Å². The van der Waals surface area contributed by atoms with E-state index in [1.807, 2.05) is 4.57 Å². The van der Waals surface area contributed by atoms with Gasteiger partial charge in [-0.2, -0.15) is 0 Å². The van der Waals surface area contributed by atoms with Gasteiger partial charge in [-0.1, -0.05) is 12.8 Å². The normalized spacial score (nSPS) is 17.8. The lowest BCUT2D eigenvalue weighted by atomic mass is 10.1. The second-order valence-corrected chi connectivity index (χ2v) is 7.82. The van der Waals surface area contributed by atoms with E-state index in [1.165, 1.54) is 0 Å². The zero-order valence-electron chi connectivity index (χ0n) is 16.2. The molecule has 0 atom stereocenters. The molecule has 152 valence electrons. The molecular formula is C21H24N4O4. The summed E-state index contributed by atoms with van der Waals surface area (Å²) in [4.78, 5) is 30.3. The molecule has 0 spiro atoms. The Hall–Kier alpha value is -3.03. The standard InChI is InChI=1S/C21H24N4O4/c26-20(23-14-8-9-16-17(11-14)29-12-28-16)18-15-7-3-4-10-25(15)19(24-18)21(27)22-13-5-1-2-6-13/h8-9,11,13H,1-7,10,12H2,(H,22,27)(H,23,26). The number of nitrogens with one attached hydrogen (secondary N) is 2. The fourth-order valence-corrected chi connectivity index (χ4v) is 4.38. The summed E-state index contributed by atoms with van der Waals surface area (Å²) >= 11 is 0. The van der Waals surface area contributed by atoms with Crippen molar-refractivity contribution in [2.75, 3.05) is 12.1 Å². The highest BCUT2D eigenvalue weighted by Gasteiger charge is 2.29. The fraction of sp³-hybridized carbons (Fsp3) is 0.476. The zero-order valence-corrected chi connectivity index (χ0v) is 16.2. The Balaban J connectivity index is 1.39. The molecule has 2 aliphatic heterocycles. The highest BCUT2D eigenvalue weighted by atomic mass is 16.7. The Morgan fingerprint density at radius 1 is 1.03 bits per heavy atom. The van der Waals surface area contributed by atoms with Crippen molar-refractivity contribution in [2.24, 2.45) is 0 Å². The van der Waals surface area contributed by atoms with E-state index >= 15 is 0 Å². The molecule has 2 N–H and O–H groups in total. The number of amides is 2. The third-order valence-corrected chi connectivity index (χ3v) is 5.86. The zero-order chi connectivity index (χ0) is 19.8. The van der Waals surface area contributed by atoms with Gasteiger partial charge in [0, 0.05) is 24.3 Å². The van der Waals surface area contributed by atoms with Gasteiger partial charge in [-0.3, -0.25) is 9.59 Å². The predicted molar refractivity (Wildman–Crippen MR) is 105 cm³/mol. The number of rotatable bonds is 4. The quantitative estimate of drug-likeness (QED) is 0.829. The van der Waals surface area contributed by atoms with Crippen molar-refractivity contribution in [3.05, 3.63) is 35.4 Å². The van der Waals surface area contributed by atoms with Crippen LogP contribution >= 0.6 is 0 Å². The number of aromatic nitrogens is 2. The van der Waals surface area contributed by atoms with Crippen LogP contribution in [0.5, 0.6) is 11.5 Å². The molecular weight excluding hydrogens is 372 g/mol. The summed E-state index contributed by atoms with van der Waals surface area (Å²) in [6.45, 7) is 0.897. The minimum atomic E-state index is -0.311. The lowest BCUT2D eigenvalue weighted by Gasteiger charge is -2.18. The summed E-state index contributed by atoms with van der Waals surface area (Å²) in [6, 6.07) is 5.48. The summed E-state index contributed by atoms with van der Waals surface area (Å²) in [5.74, 6) is 1.12. The van der Waals surface area contributed by atoms with Gasteiger partial charge in [-0.25, -0.2) is 4.98 Å². The average Bonchev–Trinajstić information content (AvgIpc) is 3.47. The number of fused-ring (bicyclic) bond motifs is 2. The molecule has 0 unspecified atom stereocenters. The van der Waals surface area contributed by atoms with Crippen LogP contribution in [0.4, 0.5) is 5.69 Å². The van der Waals surface area contributed by atoms with Gasteiger partial charge in [0.2, 0.25) is 6.79 Å². The Kier molecular flexibility index (Phi) is 4.61. The number of benzene rings is 1. The molecule has 0 saturated heterocycles. The van der Waals surface area contributed by atoms with Crippen LogP contribution in [0, 0.1) is 0 Å². The number of carbonyl (C=O) groups is 2. The number of imidazole rings is 1. The van der Waals surface area contributed by atoms with Crippen molar-refractivity contribution in [2.45, 2.75) is 57.5 Å². The van der Waals surface area contributed by atoms with E-state index in [1.54, 1.807) is 18.2 Å². The second-order valence-electron chi connectivity index (χ2n) is 7.82. The molecule has 1 aromatic carbocycles. The minimum Gasteiger partial charge on any atom is -0.454 e. The first-order valence-electron chi connectivity index (χ1n) is 10.3. The highest BCUT2D eigenvalue weighted by molar-refractivity contribution is 6.05. The molecule has 1 aromatic heterocycles. The Bertz CT molecular complexity index is 962. The molecule has 3 aliphatic rings. The summed E-state index contributed by atoms with van der Waals surface area (Å²) < 4.78 is 12.6. The van der Waals surface area contributed by atoms with Crippen LogP contribution in [-0.2, 0) is 13.0 Å². The summed E-state index contributed by atoms with van der Waals surface area (Å²) in [6.07, 6.45) is 7.03. The largest absolute Gasteiger partial charge is 0.454 e. The Labute approximate surface area is 168 Å². The molecule has 1 fully saturated rings. The lowest BCUT2D eigenvalue weighted by molar-refractivity contribution is 0.0921. The van der Waals surface area contributed by atoms with Gasteiger partial charge in [0.25, 0.3) is 11.8 Å². The van der Waals surface area contributed by atoms with Crippen LogP contribution in [0.3, 0.4) is 0 Å². The van der Waals surface area contributed by atoms with Crippen LogP contribution in [0.2, 0.25) is 0 Å². The summed E-state index contributed by atoms with van der Waals surface area (Å²) in [5, 5.41) is 5.97. The van der Waals surface area contributed by atoms with Crippen LogP contribution in [0.1, 0.15) is 65.3 Å². The van der Waals surface area contributed by atoms with Crippen molar-refractivity contribution in [1.82, 2.24) is 14.9 Å². The van der Waals surface area contributed by atoms with Crippen LogP contribution in [-0.4, -0.2) is 34.2 Å². The van der Waals surface area contributed by atoms with Crippen molar-refractivity contribution in [3.63, 3.8) is 0 Å². The minimum absolute atomic E-state index is 0.179. The first kappa shape index (κ1) is 18.0. The molecule has 1 saturated carbocycles.